The van der Waals surface area contributed by atoms with Crippen molar-refractivity contribution in [3.63, 3.8) is 0 Å². The number of nitrogens with zero attached hydrogens (tertiary/aromatic N) is 1. The molecule has 1 aromatic heterocycles. The Kier molecular flexibility index (Phi) is 4.58. The maximum Gasteiger partial charge on any atom is 0.263 e. The van der Waals surface area contributed by atoms with Gasteiger partial charge in [-0.25, -0.2) is 4.98 Å². The Morgan fingerprint density at radius 1 is 1.25 bits per heavy atom. The molecule has 0 unspecified atom stereocenters. The number of ether oxygens (including phenoxy) is 1. The number of benzene rings is 1. The highest BCUT2D eigenvalue weighted by Gasteiger charge is 2.07. The van der Waals surface area contributed by atoms with Crippen LogP contribution in [0.25, 0.3) is 0 Å². The van der Waals surface area contributed by atoms with Crippen molar-refractivity contribution in [3.8, 4) is 5.75 Å². The van der Waals surface area contributed by atoms with Crippen molar-refractivity contribution in [2.75, 3.05) is 11.9 Å². The molecule has 2 aromatic rings. The molecule has 4 nitrogen and oxygen atoms in total. The van der Waals surface area contributed by atoms with Gasteiger partial charge in [-0.05, 0) is 43.2 Å². The van der Waals surface area contributed by atoms with E-state index in [-0.39, 0.29) is 12.5 Å². The lowest BCUT2D eigenvalue weighted by atomic mass is 10.2. The van der Waals surface area contributed by atoms with E-state index in [1.165, 1.54) is 0 Å². The van der Waals surface area contributed by atoms with Gasteiger partial charge in [0.05, 0.1) is 5.02 Å². The van der Waals surface area contributed by atoms with Gasteiger partial charge >= 0.3 is 0 Å². The Morgan fingerprint density at radius 3 is 2.70 bits per heavy atom. The SMILES string of the molecule is Cc1ccc(NC(=O)COc2cc(C)ccc2Cl)nc1. The molecule has 0 spiro atoms. The van der Waals surface area contributed by atoms with Crippen molar-refractivity contribution in [1.29, 1.82) is 0 Å². The molecule has 1 N–H and O–H groups in total. The topological polar surface area (TPSA) is 51.2 Å². The van der Waals surface area contributed by atoms with E-state index in [9.17, 15) is 4.79 Å². The summed E-state index contributed by atoms with van der Waals surface area (Å²) in [7, 11) is 0. The summed E-state index contributed by atoms with van der Waals surface area (Å²) >= 11 is 5.99. The van der Waals surface area contributed by atoms with Crippen LogP contribution in [0.4, 0.5) is 5.82 Å². The zero-order chi connectivity index (χ0) is 14.5. The molecule has 0 aliphatic heterocycles. The van der Waals surface area contributed by atoms with E-state index in [1.807, 2.05) is 26.0 Å². The average Bonchev–Trinajstić information content (AvgIpc) is 2.42. The fourth-order valence-corrected chi connectivity index (χ4v) is 1.76. The summed E-state index contributed by atoms with van der Waals surface area (Å²) in [6.07, 6.45) is 1.69. The lowest BCUT2D eigenvalue weighted by Gasteiger charge is -2.09. The van der Waals surface area contributed by atoms with Crippen LogP contribution in [0.5, 0.6) is 5.75 Å². The van der Waals surface area contributed by atoms with Gasteiger partial charge in [0, 0.05) is 6.20 Å². The molecular weight excluding hydrogens is 276 g/mol. The fourth-order valence-electron chi connectivity index (χ4n) is 1.59. The Bertz CT molecular complexity index is 612. The molecule has 1 heterocycles. The second-order valence-electron chi connectivity index (χ2n) is 4.49. The number of halogens is 1. The molecular formula is C15H15ClN2O2. The Morgan fingerprint density at radius 2 is 2.00 bits per heavy atom. The van der Waals surface area contributed by atoms with Crippen LogP contribution in [0, 0.1) is 13.8 Å². The van der Waals surface area contributed by atoms with Crippen molar-refractivity contribution in [3.05, 3.63) is 52.7 Å². The molecule has 0 radical (unpaired) electrons. The smallest absolute Gasteiger partial charge is 0.263 e. The Balaban J connectivity index is 1.92. The fraction of sp³-hybridized carbons (Fsp3) is 0.200. The van der Waals surface area contributed by atoms with Gasteiger partial charge in [-0.15, -0.1) is 0 Å². The van der Waals surface area contributed by atoms with Gasteiger partial charge in [0.15, 0.2) is 6.61 Å². The molecule has 0 bridgehead atoms. The number of carbonyl (C=O) groups is 1. The second-order valence-corrected chi connectivity index (χ2v) is 4.90. The van der Waals surface area contributed by atoms with E-state index in [1.54, 1.807) is 24.4 Å². The molecule has 0 saturated carbocycles. The summed E-state index contributed by atoms with van der Waals surface area (Å²) in [4.78, 5) is 15.8. The number of rotatable bonds is 4. The van der Waals surface area contributed by atoms with Gasteiger partial charge in [-0.2, -0.15) is 0 Å². The van der Waals surface area contributed by atoms with Crippen molar-refractivity contribution in [2.24, 2.45) is 0 Å². The minimum Gasteiger partial charge on any atom is -0.482 e. The van der Waals surface area contributed by atoms with Crippen LogP contribution >= 0.6 is 11.6 Å². The van der Waals surface area contributed by atoms with Gasteiger partial charge < -0.3 is 10.1 Å². The second kappa shape index (κ2) is 6.39. The van der Waals surface area contributed by atoms with Crippen molar-refractivity contribution in [1.82, 2.24) is 4.98 Å². The molecule has 104 valence electrons. The van der Waals surface area contributed by atoms with Crippen molar-refractivity contribution in [2.45, 2.75) is 13.8 Å². The zero-order valence-electron chi connectivity index (χ0n) is 11.3. The molecule has 1 aromatic carbocycles. The molecule has 0 atom stereocenters. The van der Waals surface area contributed by atoms with Crippen LogP contribution in [0.3, 0.4) is 0 Å². The molecule has 20 heavy (non-hydrogen) atoms. The van der Waals surface area contributed by atoms with E-state index in [2.05, 4.69) is 10.3 Å². The molecule has 0 aliphatic carbocycles. The number of nitrogens with one attached hydrogen (secondary N) is 1. The first-order valence-corrected chi connectivity index (χ1v) is 6.54. The predicted octanol–water partition coefficient (Wildman–Crippen LogP) is 3.37. The highest BCUT2D eigenvalue weighted by Crippen LogP contribution is 2.25. The summed E-state index contributed by atoms with van der Waals surface area (Å²) in [6.45, 7) is 3.75. The minimum absolute atomic E-state index is 0.112. The normalized spacial score (nSPS) is 10.2. The average molecular weight is 291 g/mol. The Hall–Kier alpha value is -2.07. The highest BCUT2D eigenvalue weighted by atomic mass is 35.5. The number of aryl methyl sites for hydroxylation is 2. The van der Waals surface area contributed by atoms with Crippen LogP contribution in [0.1, 0.15) is 11.1 Å². The largest absolute Gasteiger partial charge is 0.482 e. The maximum atomic E-state index is 11.7. The number of anilines is 1. The molecule has 0 fully saturated rings. The van der Waals surface area contributed by atoms with E-state index in [0.717, 1.165) is 11.1 Å². The summed E-state index contributed by atoms with van der Waals surface area (Å²) in [5.41, 5.74) is 2.05. The minimum atomic E-state index is -0.279. The van der Waals surface area contributed by atoms with E-state index < -0.39 is 0 Å². The number of amides is 1. The van der Waals surface area contributed by atoms with E-state index in [4.69, 9.17) is 16.3 Å². The Labute approximate surface area is 122 Å². The quantitative estimate of drug-likeness (QED) is 0.939. The van der Waals surface area contributed by atoms with Crippen LogP contribution in [0.2, 0.25) is 5.02 Å². The standard InChI is InChI=1S/C15H15ClN2O2/c1-10-3-5-12(16)13(7-10)20-9-15(19)18-14-6-4-11(2)8-17-14/h3-8H,9H2,1-2H3,(H,17,18,19). The lowest BCUT2D eigenvalue weighted by Crippen LogP contribution is -2.20. The van der Waals surface area contributed by atoms with Gasteiger partial charge in [0.25, 0.3) is 5.91 Å². The summed E-state index contributed by atoms with van der Waals surface area (Å²) in [6, 6.07) is 9.03. The monoisotopic (exact) mass is 290 g/mol. The van der Waals surface area contributed by atoms with E-state index in [0.29, 0.717) is 16.6 Å². The van der Waals surface area contributed by atoms with Crippen LogP contribution in [0.15, 0.2) is 36.5 Å². The zero-order valence-corrected chi connectivity index (χ0v) is 12.1. The highest BCUT2D eigenvalue weighted by molar-refractivity contribution is 6.32. The van der Waals surface area contributed by atoms with Crippen LogP contribution < -0.4 is 10.1 Å². The molecule has 1 amide bonds. The summed E-state index contributed by atoms with van der Waals surface area (Å²) in [5, 5.41) is 3.14. The van der Waals surface area contributed by atoms with Crippen LogP contribution in [-0.2, 0) is 4.79 Å². The van der Waals surface area contributed by atoms with Crippen molar-refractivity contribution < 1.29 is 9.53 Å². The number of hydrogen-bond acceptors (Lipinski definition) is 3. The number of carbonyl (C=O) groups excluding carboxylic acids is 1. The third-order valence-electron chi connectivity index (χ3n) is 2.62. The first-order valence-electron chi connectivity index (χ1n) is 6.16. The van der Waals surface area contributed by atoms with Gasteiger partial charge in [-0.3, -0.25) is 4.79 Å². The van der Waals surface area contributed by atoms with E-state index >= 15 is 0 Å². The van der Waals surface area contributed by atoms with Gasteiger partial charge in [0.2, 0.25) is 0 Å². The molecule has 5 heteroatoms. The first-order chi connectivity index (χ1) is 9.54. The first kappa shape index (κ1) is 14.3. The number of hydrogen-bond donors (Lipinski definition) is 1. The molecule has 0 saturated heterocycles. The number of aromatic nitrogens is 1. The van der Waals surface area contributed by atoms with Gasteiger partial charge in [0.1, 0.15) is 11.6 Å². The maximum absolute atomic E-state index is 11.7. The molecule has 0 aliphatic rings. The van der Waals surface area contributed by atoms with Crippen LogP contribution in [-0.4, -0.2) is 17.5 Å². The predicted molar refractivity (Wildman–Crippen MR) is 79.3 cm³/mol. The summed E-state index contributed by atoms with van der Waals surface area (Å²) < 4.78 is 5.40. The summed E-state index contributed by atoms with van der Waals surface area (Å²) in [5.74, 6) is 0.720. The number of pyridine rings is 1. The molecule has 2 rings (SSSR count). The van der Waals surface area contributed by atoms with Gasteiger partial charge in [-0.1, -0.05) is 23.7 Å². The third-order valence-corrected chi connectivity index (χ3v) is 2.94. The third kappa shape index (κ3) is 3.96. The lowest BCUT2D eigenvalue weighted by molar-refractivity contribution is -0.118. The van der Waals surface area contributed by atoms with Crippen molar-refractivity contribution >= 4 is 23.3 Å².